The van der Waals surface area contributed by atoms with E-state index in [1.165, 1.54) is 0 Å². The van der Waals surface area contributed by atoms with E-state index in [1.54, 1.807) is 35.2 Å². The molecule has 0 N–H and O–H groups in total. The van der Waals surface area contributed by atoms with E-state index in [0.29, 0.717) is 24.4 Å². The van der Waals surface area contributed by atoms with Gasteiger partial charge in [-0.2, -0.15) is 4.99 Å². The molecule has 3 aliphatic rings. The first-order valence-electron chi connectivity index (χ1n) is 8.74. The van der Waals surface area contributed by atoms with Gasteiger partial charge in [0.25, 0.3) is 11.8 Å². The number of amides is 4. The summed E-state index contributed by atoms with van der Waals surface area (Å²) >= 11 is 0. The summed E-state index contributed by atoms with van der Waals surface area (Å²) in [5, 5.41) is 0. The standard InChI is InChI=1S/C19H20N4O3/c1-12-5-7-13(8-6-12)23-18(25)16-15(20-19(23)26)14(11-21(16)2)17(24)22-9-3-4-10-22/h5-8,11,16H,3-4,9-10H2,1-2H3. The fourth-order valence-electron chi connectivity index (χ4n) is 3.65. The molecule has 7 nitrogen and oxygen atoms in total. The Bertz CT molecular complexity index is 850. The van der Waals surface area contributed by atoms with E-state index >= 15 is 0 Å². The molecule has 134 valence electrons. The molecule has 0 aliphatic carbocycles. The maximum Gasteiger partial charge on any atom is 0.355 e. The van der Waals surface area contributed by atoms with Gasteiger partial charge in [0, 0.05) is 26.3 Å². The molecule has 0 spiro atoms. The zero-order chi connectivity index (χ0) is 18.4. The predicted molar refractivity (Wildman–Crippen MR) is 96.9 cm³/mol. The summed E-state index contributed by atoms with van der Waals surface area (Å²) in [6.45, 7) is 3.34. The number of anilines is 1. The second kappa shape index (κ2) is 6.09. The van der Waals surface area contributed by atoms with Gasteiger partial charge in [-0.05, 0) is 31.9 Å². The number of hydrogen-bond donors (Lipinski definition) is 0. The number of carbonyl (C=O) groups excluding carboxylic acids is 3. The highest BCUT2D eigenvalue weighted by Gasteiger charge is 2.46. The van der Waals surface area contributed by atoms with Crippen molar-refractivity contribution in [3.05, 3.63) is 41.6 Å². The van der Waals surface area contributed by atoms with Crippen LogP contribution in [-0.4, -0.2) is 59.5 Å². The lowest BCUT2D eigenvalue weighted by atomic mass is 10.0. The smallest absolute Gasteiger partial charge is 0.355 e. The van der Waals surface area contributed by atoms with Gasteiger partial charge in [-0.25, -0.2) is 9.69 Å². The van der Waals surface area contributed by atoms with Crippen molar-refractivity contribution in [2.24, 2.45) is 4.99 Å². The van der Waals surface area contributed by atoms with Gasteiger partial charge in [-0.3, -0.25) is 9.59 Å². The molecular weight excluding hydrogens is 332 g/mol. The number of nitrogens with zero attached hydrogens (tertiary/aromatic N) is 4. The number of carbonyl (C=O) groups is 3. The summed E-state index contributed by atoms with van der Waals surface area (Å²) in [7, 11) is 1.73. The number of aliphatic imine (C=N–C) groups is 1. The van der Waals surface area contributed by atoms with Crippen molar-refractivity contribution < 1.29 is 14.4 Å². The lowest BCUT2D eigenvalue weighted by Gasteiger charge is -2.30. The van der Waals surface area contributed by atoms with Crippen LogP contribution < -0.4 is 4.90 Å². The first kappa shape index (κ1) is 16.5. The number of imide groups is 1. The minimum atomic E-state index is -0.740. The molecule has 26 heavy (non-hydrogen) atoms. The number of hydrogen-bond acceptors (Lipinski definition) is 4. The van der Waals surface area contributed by atoms with Crippen LogP contribution >= 0.6 is 0 Å². The molecule has 4 amide bonds. The maximum atomic E-state index is 13.0. The third-order valence-electron chi connectivity index (χ3n) is 5.05. The molecule has 1 atom stereocenters. The minimum Gasteiger partial charge on any atom is -0.363 e. The quantitative estimate of drug-likeness (QED) is 0.812. The number of rotatable bonds is 2. The molecule has 0 bridgehead atoms. The van der Waals surface area contributed by atoms with Crippen LogP contribution in [0.15, 0.2) is 41.0 Å². The highest BCUT2D eigenvalue weighted by Crippen LogP contribution is 2.29. The zero-order valence-corrected chi connectivity index (χ0v) is 14.8. The van der Waals surface area contributed by atoms with Crippen molar-refractivity contribution in [1.82, 2.24) is 9.80 Å². The molecule has 3 aliphatic heterocycles. The van der Waals surface area contributed by atoms with E-state index in [-0.39, 0.29) is 17.5 Å². The molecule has 1 unspecified atom stereocenters. The van der Waals surface area contributed by atoms with Gasteiger partial charge < -0.3 is 9.80 Å². The largest absolute Gasteiger partial charge is 0.363 e. The Morgan fingerprint density at radius 1 is 1.12 bits per heavy atom. The molecule has 0 aromatic heterocycles. The topological polar surface area (TPSA) is 73.3 Å². The van der Waals surface area contributed by atoms with Crippen molar-refractivity contribution in [1.29, 1.82) is 0 Å². The van der Waals surface area contributed by atoms with Crippen molar-refractivity contribution in [3.8, 4) is 0 Å². The Kier molecular flexibility index (Phi) is 3.86. The monoisotopic (exact) mass is 352 g/mol. The van der Waals surface area contributed by atoms with Gasteiger partial charge >= 0.3 is 6.03 Å². The highest BCUT2D eigenvalue weighted by atomic mass is 16.2. The summed E-state index contributed by atoms with van der Waals surface area (Å²) in [4.78, 5) is 47.0. The van der Waals surface area contributed by atoms with E-state index < -0.39 is 12.1 Å². The number of likely N-dealkylation sites (N-methyl/N-ethyl adjacent to an activating group) is 1. The molecule has 1 aromatic rings. The molecule has 4 rings (SSSR count). The average molecular weight is 352 g/mol. The fraction of sp³-hybridized carbons (Fsp3) is 0.368. The van der Waals surface area contributed by atoms with E-state index in [2.05, 4.69) is 4.99 Å². The lowest BCUT2D eigenvalue weighted by Crippen LogP contribution is -2.54. The van der Waals surface area contributed by atoms with Crippen LogP contribution in [0.1, 0.15) is 18.4 Å². The summed E-state index contributed by atoms with van der Waals surface area (Å²) in [5.41, 5.74) is 2.14. The second-order valence-corrected chi connectivity index (χ2v) is 6.90. The van der Waals surface area contributed by atoms with Gasteiger partial charge in [0.1, 0.15) is 0 Å². The minimum absolute atomic E-state index is 0.153. The van der Waals surface area contributed by atoms with Crippen molar-refractivity contribution >= 4 is 29.2 Å². The van der Waals surface area contributed by atoms with Crippen molar-refractivity contribution in [3.63, 3.8) is 0 Å². The number of fused-ring (bicyclic) bond motifs is 1. The Morgan fingerprint density at radius 3 is 2.42 bits per heavy atom. The molecule has 1 saturated heterocycles. The fourth-order valence-corrected chi connectivity index (χ4v) is 3.65. The van der Waals surface area contributed by atoms with Crippen LogP contribution in [0.3, 0.4) is 0 Å². The van der Waals surface area contributed by atoms with E-state index in [9.17, 15) is 14.4 Å². The normalized spacial score (nSPS) is 22.5. The van der Waals surface area contributed by atoms with Crippen LogP contribution in [0.5, 0.6) is 0 Å². The lowest BCUT2D eigenvalue weighted by molar-refractivity contribution is -0.125. The van der Waals surface area contributed by atoms with Crippen LogP contribution in [0.25, 0.3) is 0 Å². The molecule has 3 heterocycles. The Balaban J connectivity index is 1.68. The SMILES string of the molecule is Cc1ccc(N2C(=O)N=C3C(C(=O)N4CCCC4)=CN(C)C3C2=O)cc1. The molecule has 0 saturated carbocycles. The average Bonchev–Trinajstić information content (AvgIpc) is 3.24. The van der Waals surface area contributed by atoms with Crippen molar-refractivity contribution in [2.45, 2.75) is 25.8 Å². The van der Waals surface area contributed by atoms with Gasteiger partial charge in [0.05, 0.1) is 17.0 Å². The highest BCUT2D eigenvalue weighted by molar-refractivity contribution is 6.39. The van der Waals surface area contributed by atoms with Crippen LogP contribution in [0.2, 0.25) is 0 Å². The molecular formula is C19H20N4O3. The van der Waals surface area contributed by atoms with Crippen LogP contribution in [0.4, 0.5) is 10.5 Å². The summed E-state index contributed by atoms with van der Waals surface area (Å²) < 4.78 is 0. The van der Waals surface area contributed by atoms with Gasteiger partial charge in [0.15, 0.2) is 6.04 Å². The van der Waals surface area contributed by atoms with Crippen molar-refractivity contribution in [2.75, 3.05) is 25.0 Å². The number of urea groups is 1. The second-order valence-electron chi connectivity index (χ2n) is 6.90. The summed E-state index contributed by atoms with van der Waals surface area (Å²) in [6.07, 6.45) is 3.58. The third kappa shape index (κ3) is 2.51. The Morgan fingerprint density at radius 2 is 1.77 bits per heavy atom. The van der Waals surface area contributed by atoms with E-state index in [4.69, 9.17) is 0 Å². The zero-order valence-electron chi connectivity index (χ0n) is 14.8. The molecule has 1 aromatic carbocycles. The Labute approximate surface area is 151 Å². The van der Waals surface area contributed by atoms with Crippen LogP contribution in [0, 0.1) is 6.92 Å². The summed E-state index contributed by atoms with van der Waals surface area (Å²) in [6, 6.07) is 5.74. The van der Waals surface area contributed by atoms with Gasteiger partial charge in [0.2, 0.25) is 0 Å². The summed E-state index contributed by atoms with van der Waals surface area (Å²) in [5.74, 6) is -0.535. The number of likely N-dealkylation sites (tertiary alicyclic amines) is 1. The third-order valence-corrected chi connectivity index (χ3v) is 5.05. The van der Waals surface area contributed by atoms with E-state index in [1.807, 2.05) is 19.1 Å². The molecule has 0 radical (unpaired) electrons. The molecule has 7 heteroatoms. The van der Waals surface area contributed by atoms with Gasteiger partial charge in [-0.1, -0.05) is 17.7 Å². The predicted octanol–water partition coefficient (Wildman–Crippen LogP) is 1.72. The van der Waals surface area contributed by atoms with E-state index in [0.717, 1.165) is 23.3 Å². The molecule has 1 fully saturated rings. The first-order chi connectivity index (χ1) is 12.5. The Hall–Kier alpha value is -2.96. The number of benzene rings is 1. The maximum absolute atomic E-state index is 13.0. The van der Waals surface area contributed by atoms with Gasteiger partial charge in [-0.15, -0.1) is 0 Å². The first-order valence-corrected chi connectivity index (χ1v) is 8.74. The van der Waals surface area contributed by atoms with Crippen LogP contribution in [-0.2, 0) is 9.59 Å². The number of aryl methyl sites for hydroxylation is 1.